The number of hydrogen-bond acceptors (Lipinski definition) is 5. The molecule has 0 saturated heterocycles. The van der Waals surface area contributed by atoms with Crippen molar-refractivity contribution in [3.63, 3.8) is 0 Å². The second-order valence-corrected chi connectivity index (χ2v) is 2.95. The van der Waals surface area contributed by atoms with Gasteiger partial charge in [-0.3, -0.25) is 14.4 Å². The highest BCUT2D eigenvalue weighted by Crippen LogP contribution is 2.24. The zero-order valence-corrected chi connectivity index (χ0v) is 9.17. The topological polar surface area (TPSA) is 69.7 Å². The predicted octanol–water partition coefficient (Wildman–Crippen LogP) is 0.860. The minimum absolute atomic E-state index is 0.193. The molecule has 0 aromatic carbocycles. The van der Waals surface area contributed by atoms with E-state index in [-0.39, 0.29) is 6.61 Å². The van der Waals surface area contributed by atoms with Crippen LogP contribution in [0.4, 0.5) is 13.2 Å². The van der Waals surface area contributed by atoms with Crippen LogP contribution in [0.1, 0.15) is 13.3 Å². The Bertz CT molecular complexity index is 310. The van der Waals surface area contributed by atoms with Crippen molar-refractivity contribution in [1.29, 1.82) is 0 Å². The van der Waals surface area contributed by atoms with Crippen LogP contribution < -0.4 is 0 Å². The summed E-state index contributed by atoms with van der Waals surface area (Å²) in [7, 11) is 0.933. The minimum Gasteiger partial charge on any atom is -0.469 e. The second kappa shape index (κ2) is 6.21. The molecule has 17 heavy (non-hydrogen) atoms. The first-order valence-corrected chi connectivity index (χ1v) is 4.58. The smallest absolute Gasteiger partial charge is 0.450 e. The molecular weight excluding hydrogens is 245 g/mol. The summed E-state index contributed by atoms with van der Waals surface area (Å²) in [6, 6.07) is 0. The van der Waals surface area contributed by atoms with E-state index in [0.717, 1.165) is 7.11 Å². The van der Waals surface area contributed by atoms with Gasteiger partial charge in [-0.25, -0.2) is 0 Å². The molecule has 0 fully saturated rings. The maximum atomic E-state index is 12.1. The molecule has 0 aliphatic carbocycles. The van der Waals surface area contributed by atoms with E-state index in [1.54, 1.807) is 0 Å². The van der Waals surface area contributed by atoms with Gasteiger partial charge in [-0.15, -0.1) is 0 Å². The summed E-state index contributed by atoms with van der Waals surface area (Å²) in [5.41, 5.74) is 0. The van der Waals surface area contributed by atoms with Crippen molar-refractivity contribution in [2.24, 2.45) is 5.92 Å². The third kappa shape index (κ3) is 4.83. The molecule has 0 aromatic heterocycles. The van der Waals surface area contributed by atoms with Gasteiger partial charge in [0.2, 0.25) is 0 Å². The highest BCUT2D eigenvalue weighted by molar-refractivity contribution is 6.04. The van der Waals surface area contributed by atoms with E-state index in [9.17, 15) is 27.6 Å². The Morgan fingerprint density at radius 1 is 1.24 bits per heavy atom. The molecule has 0 aliphatic rings. The molecule has 0 saturated carbocycles. The first-order valence-electron chi connectivity index (χ1n) is 4.58. The lowest BCUT2D eigenvalue weighted by Gasteiger charge is -2.14. The van der Waals surface area contributed by atoms with Gasteiger partial charge in [0, 0.05) is 0 Å². The summed E-state index contributed by atoms with van der Waals surface area (Å²) in [6.45, 7) is 1.17. The average molecular weight is 256 g/mol. The third-order valence-corrected chi connectivity index (χ3v) is 1.77. The summed E-state index contributed by atoms with van der Waals surface area (Å²) in [5, 5.41) is 0. The van der Waals surface area contributed by atoms with Gasteiger partial charge in [0.1, 0.15) is 5.92 Å². The normalized spacial score (nSPS) is 12.8. The number of alkyl halides is 3. The zero-order chi connectivity index (χ0) is 13.6. The first-order chi connectivity index (χ1) is 7.73. The fourth-order valence-corrected chi connectivity index (χ4v) is 0.973. The first kappa shape index (κ1) is 15.4. The molecule has 0 radical (unpaired) electrons. The Hall–Kier alpha value is -1.60. The molecule has 0 rings (SSSR count). The monoisotopic (exact) mass is 256 g/mol. The fraction of sp³-hybridized carbons (Fsp3) is 0.667. The largest absolute Gasteiger partial charge is 0.469 e. The molecule has 0 heterocycles. The molecule has 1 unspecified atom stereocenters. The van der Waals surface area contributed by atoms with Crippen LogP contribution in [0.3, 0.4) is 0 Å². The highest BCUT2D eigenvalue weighted by atomic mass is 19.4. The van der Waals surface area contributed by atoms with E-state index in [2.05, 4.69) is 9.47 Å². The maximum absolute atomic E-state index is 12.1. The predicted molar refractivity (Wildman–Crippen MR) is 47.8 cm³/mol. The van der Waals surface area contributed by atoms with Gasteiger partial charge >= 0.3 is 18.1 Å². The molecule has 0 aliphatic heterocycles. The molecule has 0 aromatic rings. The van der Waals surface area contributed by atoms with E-state index in [0.29, 0.717) is 0 Å². The lowest BCUT2D eigenvalue weighted by atomic mass is 10.00. The maximum Gasteiger partial charge on any atom is 0.450 e. The highest BCUT2D eigenvalue weighted by Gasteiger charge is 2.47. The summed E-state index contributed by atoms with van der Waals surface area (Å²) in [6.07, 6.45) is -6.20. The Balaban J connectivity index is 4.91. The fourth-order valence-electron chi connectivity index (χ4n) is 0.973. The number of rotatable bonds is 5. The average Bonchev–Trinajstić information content (AvgIpc) is 2.23. The zero-order valence-electron chi connectivity index (χ0n) is 9.17. The van der Waals surface area contributed by atoms with Crippen LogP contribution in [0.25, 0.3) is 0 Å². The van der Waals surface area contributed by atoms with Crippen molar-refractivity contribution in [2.75, 3.05) is 13.7 Å². The number of carbonyl (C=O) groups is 3. The summed E-state index contributed by atoms with van der Waals surface area (Å²) < 4.78 is 44.8. The Kier molecular flexibility index (Phi) is 5.63. The standard InChI is InChI=1S/C9H11F3O5/c1-3-17-8(15)5(4-6(13)16-2)7(14)9(10,11)12/h5H,3-4H2,1-2H3. The molecule has 1 atom stereocenters. The Morgan fingerprint density at radius 3 is 2.12 bits per heavy atom. The van der Waals surface area contributed by atoms with Gasteiger partial charge in [0.15, 0.2) is 0 Å². The van der Waals surface area contributed by atoms with E-state index in [1.165, 1.54) is 6.92 Å². The van der Waals surface area contributed by atoms with Crippen LogP contribution in [0.2, 0.25) is 0 Å². The molecule has 98 valence electrons. The molecule has 5 nitrogen and oxygen atoms in total. The van der Waals surface area contributed by atoms with E-state index in [1.807, 2.05) is 0 Å². The third-order valence-electron chi connectivity index (χ3n) is 1.77. The van der Waals surface area contributed by atoms with Crippen LogP contribution in [-0.2, 0) is 23.9 Å². The van der Waals surface area contributed by atoms with Crippen molar-refractivity contribution >= 4 is 17.7 Å². The molecule has 8 heteroatoms. The summed E-state index contributed by atoms with van der Waals surface area (Å²) in [4.78, 5) is 32.8. The van der Waals surface area contributed by atoms with Gasteiger partial charge in [-0.1, -0.05) is 0 Å². The van der Waals surface area contributed by atoms with Crippen molar-refractivity contribution in [2.45, 2.75) is 19.5 Å². The Morgan fingerprint density at radius 2 is 1.76 bits per heavy atom. The van der Waals surface area contributed by atoms with Crippen LogP contribution >= 0.6 is 0 Å². The number of ether oxygens (including phenoxy) is 2. The van der Waals surface area contributed by atoms with Gasteiger partial charge < -0.3 is 9.47 Å². The number of ketones is 1. The number of methoxy groups -OCH3 is 1. The Labute approximate surface area is 94.9 Å². The molecule has 0 amide bonds. The molecule has 0 bridgehead atoms. The van der Waals surface area contributed by atoms with Crippen LogP contribution in [0.15, 0.2) is 0 Å². The van der Waals surface area contributed by atoms with Crippen LogP contribution in [-0.4, -0.2) is 37.6 Å². The van der Waals surface area contributed by atoms with Crippen LogP contribution in [0.5, 0.6) is 0 Å². The lowest BCUT2D eigenvalue weighted by molar-refractivity contribution is -0.182. The van der Waals surface area contributed by atoms with Crippen molar-refractivity contribution in [1.82, 2.24) is 0 Å². The lowest BCUT2D eigenvalue weighted by Crippen LogP contribution is -2.37. The van der Waals surface area contributed by atoms with Crippen molar-refractivity contribution in [3.05, 3.63) is 0 Å². The van der Waals surface area contributed by atoms with Gasteiger partial charge in [-0.05, 0) is 6.92 Å². The van der Waals surface area contributed by atoms with Gasteiger partial charge in [-0.2, -0.15) is 13.2 Å². The van der Waals surface area contributed by atoms with Gasteiger partial charge in [0.25, 0.3) is 5.78 Å². The van der Waals surface area contributed by atoms with E-state index >= 15 is 0 Å². The number of carbonyl (C=O) groups excluding carboxylic acids is 3. The summed E-state index contributed by atoms with van der Waals surface area (Å²) in [5.74, 6) is -7.01. The number of Topliss-reactive ketones (excluding diaryl/α,β-unsaturated/α-hetero) is 1. The van der Waals surface area contributed by atoms with E-state index in [4.69, 9.17) is 0 Å². The molecule has 0 N–H and O–H groups in total. The SMILES string of the molecule is CCOC(=O)C(CC(=O)OC)C(=O)C(F)(F)F. The number of esters is 2. The van der Waals surface area contributed by atoms with Gasteiger partial charge in [0.05, 0.1) is 20.1 Å². The molecular formula is C9H11F3O5. The number of hydrogen-bond donors (Lipinski definition) is 0. The van der Waals surface area contributed by atoms with Crippen molar-refractivity contribution < 1.29 is 37.0 Å². The second-order valence-electron chi connectivity index (χ2n) is 2.95. The summed E-state index contributed by atoms with van der Waals surface area (Å²) >= 11 is 0. The van der Waals surface area contributed by atoms with Crippen LogP contribution in [0, 0.1) is 5.92 Å². The van der Waals surface area contributed by atoms with E-state index < -0.39 is 36.2 Å². The quantitative estimate of drug-likeness (QED) is 0.539. The minimum atomic E-state index is -5.20. The molecule has 0 spiro atoms. The number of halogens is 3. The van der Waals surface area contributed by atoms with Crippen molar-refractivity contribution in [3.8, 4) is 0 Å².